The van der Waals surface area contributed by atoms with Gasteiger partial charge in [-0.3, -0.25) is 4.98 Å². The molecule has 1 heterocycles. The molecule has 0 aliphatic heterocycles. The maximum atomic E-state index is 5.35. The number of pyridine rings is 1. The Morgan fingerprint density at radius 3 is 2.77 bits per heavy atom. The Labute approximate surface area is 78.7 Å². The number of ether oxygens (including phenoxy) is 2. The molecule has 3 heteroatoms. The topological polar surface area (TPSA) is 31.4 Å². The molecule has 1 rings (SSSR count). The number of aryl methyl sites for hydroxylation is 1. The molecule has 1 unspecified atom stereocenters. The summed E-state index contributed by atoms with van der Waals surface area (Å²) in [6.45, 7) is 4.25. The summed E-state index contributed by atoms with van der Waals surface area (Å²) in [5, 5.41) is 0. The molecule has 0 aliphatic rings. The molecule has 0 spiro atoms. The Hall–Kier alpha value is -0.930. The third-order valence-corrected chi connectivity index (χ3v) is 1.84. The average molecular weight is 181 g/mol. The van der Waals surface area contributed by atoms with Crippen LogP contribution in [-0.4, -0.2) is 18.9 Å². The van der Waals surface area contributed by atoms with Gasteiger partial charge in [0, 0.05) is 19.0 Å². The molecule has 0 aromatic carbocycles. The Morgan fingerprint density at radius 2 is 2.23 bits per heavy atom. The van der Waals surface area contributed by atoms with Crippen molar-refractivity contribution in [1.29, 1.82) is 0 Å². The van der Waals surface area contributed by atoms with E-state index in [2.05, 4.69) is 4.98 Å². The van der Waals surface area contributed by atoms with Crippen LogP contribution in [0.3, 0.4) is 0 Å². The van der Waals surface area contributed by atoms with Crippen molar-refractivity contribution in [2.45, 2.75) is 20.0 Å². The summed E-state index contributed by atoms with van der Waals surface area (Å²) in [5.41, 5.74) is 2.09. The highest BCUT2D eigenvalue weighted by atomic mass is 16.7. The molecule has 1 atom stereocenters. The quantitative estimate of drug-likeness (QED) is 0.666. The number of hydrogen-bond donors (Lipinski definition) is 0. The first-order valence-electron chi connectivity index (χ1n) is 4.27. The molecule has 1 aromatic heterocycles. The number of rotatable bonds is 4. The highest BCUT2D eigenvalue weighted by Crippen LogP contribution is 2.15. The van der Waals surface area contributed by atoms with E-state index >= 15 is 0 Å². The van der Waals surface area contributed by atoms with E-state index in [0.29, 0.717) is 6.79 Å². The molecule has 0 saturated heterocycles. The van der Waals surface area contributed by atoms with Gasteiger partial charge in [-0.15, -0.1) is 0 Å². The van der Waals surface area contributed by atoms with Gasteiger partial charge in [0.1, 0.15) is 6.79 Å². The Balaban J connectivity index is 2.55. The number of aromatic nitrogens is 1. The van der Waals surface area contributed by atoms with Crippen LogP contribution in [0, 0.1) is 6.92 Å². The zero-order chi connectivity index (χ0) is 9.68. The standard InChI is InChI=1S/C10H15NO2/c1-8-4-5-10(6-11-8)9(2)13-7-12-3/h4-6,9H,7H2,1-3H3. The van der Waals surface area contributed by atoms with Gasteiger partial charge >= 0.3 is 0 Å². The van der Waals surface area contributed by atoms with E-state index in [-0.39, 0.29) is 6.10 Å². The predicted molar refractivity (Wildman–Crippen MR) is 50.4 cm³/mol. The van der Waals surface area contributed by atoms with E-state index in [1.54, 1.807) is 7.11 Å². The van der Waals surface area contributed by atoms with Gasteiger partial charge in [-0.25, -0.2) is 0 Å². The van der Waals surface area contributed by atoms with Gasteiger partial charge in [-0.05, 0) is 25.5 Å². The lowest BCUT2D eigenvalue weighted by atomic mass is 10.2. The Morgan fingerprint density at radius 1 is 1.46 bits per heavy atom. The van der Waals surface area contributed by atoms with Gasteiger partial charge < -0.3 is 9.47 Å². The van der Waals surface area contributed by atoms with Crippen molar-refractivity contribution in [2.24, 2.45) is 0 Å². The monoisotopic (exact) mass is 181 g/mol. The molecule has 0 bridgehead atoms. The van der Waals surface area contributed by atoms with Gasteiger partial charge in [0.25, 0.3) is 0 Å². The maximum Gasteiger partial charge on any atom is 0.147 e. The smallest absolute Gasteiger partial charge is 0.147 e. The lowest BCUT2D eigenvalue weighted by Gasteiger charge is -2.11. The largest absolute Gasteiger partial charge is 0.359 e. The van der Waals surface area contributed by atoms with Crippen LogP contribution in [0.5, 0.6) is 0 Å². The first kappa shape index (κ1) is 10.2. The van der Waals surface area contributed by atoms with Crippen molar-refractivity contribution in [3.63, 3.8) is 0 Å². The van der Waals surface area contributed by atoms with E-state index in [9.17, 15) is 0 Å². The molecule has 0 fully saturated rings. The second-order valence-electron chi connectivity index (χ2n) is 2.95. The van der Waals surface area contributed by atoms with E-state index < -0.39 is 0 Å². The first-order valence-corrected chi connectivity index (χ1v) is 4.27. The molecule has 3 nitrogen and oxygen atoms in total. The third-order valence-electron chi connectivity index (χ3n) is 1.84. The fourth-order valence-corrected chi connectivity index (χ4v) is 0.986. The molecule has 0 aliphatic carbocycles. The molecule has 13 heavy (non-hydrogen) atoms. The number of hydrogen-bond acceptors (Lipinski definition) is 3. The van der Waals surface area contributed by atoms with Crippen molar-refractivity contribution >= 4 is 0 Å². The van der Waals surface area contributed by atoms with Gasteiger partial charge in [0.15, 0.2) is 0 Å². The van der Waals surface area contributed by atoms with Crippen molar-refractivity contribution in [1.82, 2.24) is 4.98 Å². The molecule has 1 aromatic rings. The zero-order valence-corrected chi connectivity index (χ0v) is 8.28. The second kappa shape index (κ2) is 4.94. The van der Waals surface area contributed by atoms with E-state index in [1.807, 2.05) is 32.2 Å². The third kappa shape index (κ3) is 3.13. The van der Waals surface area contributed by atoms with Crippen LogP contribution in [0.1, 0.15) is 24.3 Å². The lowest BCUT2D eigenvalue weighted by Crippen LogP contribution is -2.03. The van der Waals surface area contributed by atoms with Crippen molar-refractivity contribution < 1.29 is 9.47 Å². The van der Waals surface area contributed by atoms with Crippen LogP contribution in [0.25, 0.3) is 0 Å². The summed E-state index contributed by atoms with van der Waals surface area (Å²) in [6, 6.07) is 3.99. The average Bonchev–Trinajstić information content (AvgIpc) is 2.15. The highest BCUT2D eigenvalue weighted by Gasteiger charge is 2.04. The minimum atomic E-state index is 0.0352. The number of methoxy groups -OCH3 is 1. The fourth-order valence-electron chi connectivity index (χ4n) is 0.986. The molecular formula is C10H15NO2. The summed E-state index contributed by atoms with van der Waals surface area (Å²) >= 11 is 0. The fraction of sp³-hybridized carbons (Fsp3) is 0.500. The van der Waals surface area contributed by atoms with Gasteiger partial charge in [-0.1, -0.05) is 6.07 Å². The van der Waals surface area contributed by atoms with Gasteiger partial charge in [0.05, 0.1) is 6.10 Å². The Kier molecular flexibility index (Phi) is 3.86. The van der Waals surface area contributed by atoms with Gasteiger partial charge in [0.2, 0.25) is 0 Å². The normalized spacial score (nSPS) is 12.8. The van der Waals surface area contributed by atoms with E-state index in [4.69, 9.17) is 9.47 Å². The molecule has 0 N–H and O–H groups in total. The maximum absolute atomic E-state index is 5.35. The summed E-state index contributed by atoms with van der Waals surface area (Å²) in [6.07, 6.45) is 1.86. The van der Waals surface area contributed by atoms with Crippen LogP contribution >= 0.6 is 0 Å². The highest BCUT2D eigenvalue weighted by molar-refractivity contribution is 5.15. The van der Waals surface area contributed by atoms with E-state index in [1.165, 1.54) is 0 Å². The second-order valence-corrected chi connectivity index (χ2v) is 2.95. The summed E-state index contributed by atoms with van der Waals surface area (Å²) in [5.74, 6) is 0. The molecule has 72 valence electrons. The van der Waals surface area contributed by atoms with Crippen molar-refractivity contribution in [3.05, 3.63) is 29.6 Å². The van der Waals surface area contributed by atoms with Crippen LogP contribution in [0.4, 0.5) is 0 Å². The SMILES string of the molecule is COCOC(C)c1ccc(C)nc1. The zero-order valence-electron chi connectivity index (χ0n) is 8.28. The van der Waals surface area contributed by atoms with Crippen LogP contribution < -0.4 is 0 Å². The lowest BCUT2D eigenvalue weighted by molar-refractivity contribution is -0.0667. The molecule has 0 saturated carbocycles. The van der Waals surface area contributed by atoms with Crippen LogP contribution in [0.15, 0.2) is 18.3 Å². The van der Waals surface area contributed by atoms with Gasteiger partial charge in [-0.2, -0.15) is 0 Å². The minimum absolute atomic E-state index is 0.0352. The summed E-state index contributed by atoms with van der Waals surface area (Å²) in [4.78, 5) is 4.19. The van der Waals surface area contributed by atoms with Crippen LogP contribution in [-0.2, 0) is 9.47 Å². The molecule has 0 amide bonds. The molecular weight excluding hydrogens is 166 g/mol. The summed E-state index contributed by atoms with van der Waals surface area (Å²) < 4.78 is 10.2. The Bertz CT molecular complexity index is 246. The predicted octanol–water partition coefficient (Wildman–Crippen LogP) is 2.07. The molecule has 0 radical (unpaired) electrons. The first-order chi connectivity index (χ1) is 6.24. The van der Waals surface area contributed by atoms with E-state index in [0.717, 1.165) is 11.3 Å². The van der Waals surface area contributed by atoms with Crippen molar-refractivity contribution in [2.75, 3.05) is 13.9 Å². The number of nitrogens with zero attached hydrogens (tertiary/aromatic N) is 1. The van der Waals surface area contributed by atoms with Crippen molar-refractivity contribution in [3.8, 4) is 0 Å². The summed E-state index contributed by atoms with van der Waals surface area (Å²) in [7, 11) is 1.61. The van der Waals surface area contributed by atoms with Crippen LogP contribution in [0.2, 0.25) is 0 Å². The minimum Gasteiger partial charge on any atom is -0.359 e.